The number of nitrogens with one attached hydrogen (secondary N) is 1. The minimum absolute atomic E-state index is 0.238. The highest BCUT2D eigenvalue weighted by atomic mass is 16.5. The summed E-state index contributed by atoms with van der Waals surface area (Å²) in [4.78, 5) is 12.6. The predicted octanol–water partition coefficient (Wildman–Crippen LogP) is 6.34. The summed E-state index contributed by atoms with van der Waals surface area (Å²) in [5.74, 6) is 0.540. The number of fused-ring (bicyclic) bond motifs is 2. The standard InChI is InChI=1S/C29H22N2O2/c32-29(28-14-6-10-23-8-2-4-13-27(23)28)31-30-19-21-15-17-25(18-16-21)33-20-24-11-5-9-22-7-1-3-12-26(22)24/h1-19H,20H2,(H,31,32). The van der Waals surface area contributed by atoms with Gasteiger partial charge in [-0.25, -0.2) is 5.43 Å². The molecular formula is C29H22N2O2. The molecule has 4 heteroatoms. The summed E-state index contributed by atoms with van der Waals surface area (Å²) in [5.41, 5.74) is 5.23. The number of amides is 1. The van der Waals surface area contributed by atoms with Crippen molar-refractivity contribution in [2.45, 2.75) is 6.61 Å². The highest BCUT2D eigenvalue weighted by Crippen LogP contribution is 2.21. The molecule has 4 nitrogen and oxygen atoms in total. The molecule has 0 unspecified atom stereocenters. The summed E-state index contributed by atoms with van der Waals surface area (Å²) in [7, 11) is 0. The lowest BCUT2D eigenvalue weighted by atomic mass is 10.0. The highest BCUT2D eigenvalue weighted by Gasteiger charge is 2.08. The third-order valence-corrected chi connectivity index (χ3v) is 5.57. The Balaban J connectivity index is 1.21. The van der Waals surface area contributed by atoms with Crippen molar-refractivity contribution in [3.8, 4) is 5.75 Å². The van der Waals surface area contributed by atoms with Crippen LogP contribution in [-0.2, 0) is 6.61 Å². The molecule has 160 valence electrons. The summed E-state index contributed by atoms with van der Waals surface area (Å²) in [6.45, 7) is 0.496. The Labute approximate surface area is 192 Å². The van der Waals surface area contributed by atoms with E-state index < -0.39 is 0 Å². The summed E-state index contributed by atoms with van der Waals surface area (Å²) in [6.07, 6.45) is 1.62. The number of hydrazone groups is 1. The van der Waals surface area contributed by atoms with E-state index in [4.69, 9.17) is 4.74 Å². The number of hydrogen-bond acceptors (Lipinski definition) is 3. The summed E-state index contributed by atoms with van der Waals surface area (Å²) in [5, 5.41) is 8.45. The molecule has 0 aliphatic heterocycles. The van der Waals surface area contributed by atoms with E-state index in [-0.39, 0.29) is 5.91 Å². The number of benzene rings is 5. The van der Waals surface area contributed by atoms with Crippen LogP contribution in [0.15, 0.2) is 114 Å². The van der Waals surface area contributed by atoms with Gasteiger partial charge >= 0.3 is 0 Å². The van der Waals surface area contributed by atoms with Gasteiger partial charge in [0.05, 0.1) is 6.21 Å². The zero-order chi connectivity index (χ0) is 22.5. The topological polar surface area (TPSA) is 50.7 Å². The van der Waals surface area contributed by atoms with Crippen LogP contribution >= 0.6 is 0 Å². The van der Waals surface area contributed by atoms with Crippen LogP contribution in [0.2, 0.25) is 0 Å². The average molecular weight is 431 g/mol. The zero-order valence-electron chi connectivity index (χ0n) is 17.9. The molecule has 0 saturated carbocycles. The molecule has 0 aromatic heterocycles. The van der Waals surface area contributed by atoms with E-state index in [0.29, 0.717) is 12.2 Å². The maximum absolute atomic E-state index is 12.6. The Morgan fingerprint density at radius 2 is 1.36 bits per heavy atom. The Morgan fingerprint density at radius 3 is 2.15 bits per heavy atom. The quantitative estimate of drug-likeness (QED) is 0.253. The van der Waals surface area contributed by atoms with Crippen LogP contribution in [0.5, 0.6) is 5.75 Å². The van der Waals surface area contributed by atoms with E-state index in [9.17, 15) is 4.79 Å². The second kappa shape index (κ2) is 9.37. The molecule has 5 rings (SSSR count). The fourth-order valence-electron chi connectivity index (χ4n) is 3.88. The first-order valence-corrected chi connectivity index (χ1v) is 10.8. The van der Waals surface area contributed by atoms with Crippen LogP contribution in [0.3, 0.4) is 0 Å². The Kier molecular flexibility index (Phi) is 5.81. The van der Waals surface area contributed by atoms with Crippen molar-refractivity contribution in [2.75, 3.05) is 0 Å². The Morgan fingerprint density at radius 1 is 0.727 bits per heavy atom. The third kappa shape index (κ3) is 4.60. The van der Waals surface area contributed by atoms with Gasteiger partial charge in [0.25, 0.3) is 5.91 Å². The van der Waals surface area contributed by atoms with Crippen molar-refractivity contribution in [3.63, 3.8) is 0 Å². The molecule has 33 heavy (non-hydrogen) atoms. The number of ether oxygens (including phenoxy) is 1. The lowest BCUT2D eigenvalue weighted by Gasteiger charge is -2.09. The fourth-order valence-corrected chi connectivity index (χ4v) is 3.88. The van der Waals surface area contributed by atoms with Crippen LogP contribution in [0.4, 0.5) is 0 Å². The monoisotopic (exact) mass is 430 g/mol. The van der Waals surface area contributed by atoms with E-state index in [1.165, 1.54) is 10.8 Å². The number of rotatable bonds is 6. The number of hydrogen-bond donors (Lipinski definition) is 1. The number of carbonyl (C=O) groups is 1. The second-order valence-corrected chi connectivity index (χ2v) is 7.72. The van der Waals surface area contributed by atoms with Crippen LogP contribution < -0.4 is 10.2 Å². The summed E-state index contributed by atoms with van der Waals surface area (Å²) in [6, 6.07) is 35.6. The van der Waals surface area contributed by atoms with Crippen molar-refractivity contribution in [3.05, 3.63) is 126 Å². The van der Waals surface area contributed by atoms with Crippen LogP contribution in [0.25, 0.3) is 21.5 Å². The van der Waals surface area contributed by atoms with Gasteiger partial charge in [-0.1, -0.05) is 78.9 Å². The maximum Gasteiger partial charge on any atom is 0.271 e. The van der Waals surface area contributed by atoms with Crippen molar-refractivity contribution < 1.29 is 9.53 Å². The molecule has 0 atom stereocenters. The molecule has 0 heterocycles. The SMILES string of the molecule is O=C(NN=Cc1ccc(OCc2cccc3ccccc23)cc1)c1cccc2ccccc12. The molecule has 5 aromatic carbocycles. The minimum atomic E-state index is -0.238. The number of nitrogens with zero attached hydrogens (tertiary/aromatic N) is 1. The van der Waals surface area contributed by atoms with E-state index >= 15 is 0 Å². The molecule has 0 aliphatic carbocycles. The lowest BCUT2D eigenvalue weighted by molar-refractivity contribution is 0.0957. The smallest absolute Gasteiger partial charge is 0.271 e. The van der Waals surface area contributed by atoms with Gasteiger partial charge in [0.15, 0.2) is 0 Å². The first kappa shape index (κ1) is 20.5. The molecule has 5 aromatic rings. The van der Waals surface area contributed by atoms with Gasteiger partial charge in [0.2, 0.25) is 0 Å². The molecule has 0 saturated heterocycles. The first-order chi connectivity index (χ1) is 16.3. The van der Waals surface area contributed by atoms with Crippen LogP contribution in [-0.4, -0.2) is 12.1 Å². The molecular weight excluding hydrogens is 408 g/mol. The van der Waals surface area contributed by atoms with Crippen molar-refractivity contribution in [2.24, 2.45) is 5.10 Å². The third-order valence-electron chi connectivity index (χ3n) is 5.57. The Bertz CT molecular complexity index is 1450. The predicted molar refractivity (Wildman–Crippen MR) is 134 cm³/mol. The normalized spacial score (nSPS) is 11.2. The van der Waals surface area contributed by atoms with Crippen molar-refractivity contribution in [1.82, 2.24) is 5.43 Å². The summed E-state index contributed by atoms with van der Waals surface area (Å²) >= 11 is 0. The van der Waals surface area contributed by atoms with Crippen molar-refractivity contribution in [1.29, 1.82) is 0 Å². The van der Waals surface area contributed by atoms with E-state index in [2.05, 4.69) is 34.8 Å². The number of carbonyl (C=O) groups excluding carboxylic acids is 1. The van der Waals surface area contributed by atoms with Gasteiger partial charge in [0.1, 0.15) is 12.4 Å². The van der Waals surface area contributed by atoms with Gasteiger partial charge < -0.3 is 4.74 Å². The summed E-state index contributed by atoms with van der Waals surface area (Å²) < 4.78 is 5.98. The maximum atomic E-state index is 12.6. The molecule has 0 radical (unpaired) electrons. The van der Waals surface area contributed by atoms with Gasteiger partial charge in [-0.3, -0.25) is 4.79 Å². The fraction of sp³-hybridized carbons (Fsp3) is 0.0345. The van der Waals surface area contributed by atoms with Crippen LogP contribution in [0, 0.1) is 0 Å². The first-order valence-electron chi connectivity index (χ1n) is 10.8. The van der Waals surface area contributed by atoms with E-state index in [0.717, 1.165) is 27.6 Å². The molecule has 0 spiro atoms. The van der Waals surface area contributed by atoms with E-state index in [1.54, 1.807) is 12.3 Å². The molecule has 0 aliphatic rings. The van der Waals surface area contributed by atoms with Crippen molar-refractivity contribution >= 4 is 33.7 Å². The van der Waals surface area contributed by atoms with Gasteiger partial charge in [0, 0.05) is 5.56 Å². The van der Waals surface area contributed by atoms with Gasteiger partial charge in [-0.05, 0) is 63.0 Å². The molecule has 1 N–H and O–H groups in total. The highest BCUT2D eigenvalue weighted by molar-refractivity contribution is 6.07. The minimum Gasteiger partial charge on any atom is -0.489 e. The average Bonchev–Trinajstić information content (AvgIpc) is 2.88. The Hall–Kier alpha value is -4.44. The molecule has 1 amide bonds. The van der Waals surface area contributed by atoms with Crippen LogP contribution in [0.1, 0.15) is 21.5 Å². The second-order valence-electron chi connectivity index (χ2n) is 7.72. The molecule has 0 bridgehead atoms. The van der Waals surface area contributed by atoms with E-state index in [1.807, 2.05) is 78.9 Å². The molecule has 0 fully saturated rings. The largest absolute Gasteiger partial charge is 0.489 e. The zero-order valence-corrected chi connectivity index (χ0v) is 17.9. The van der Waals surface area contributed by atoms with Gasteiger partial charge in [-0.15, -0.1) is 0 Å². The van der Waals surface area contributed by atoms with Gasteiger partial charge in [-0.2, -0.15) is 5.10 Å². The lowest BCUT2D eigenvalue weighted by Crippen LogP contribution is -2.17.